The van der Waals surface area contributed by atoms with Crippen molar-refractivity contribution in [2.75, 3.05) is 6.54 Å². The minimum Gasteiger partial charge on any atom is -0.443 e. The summed E-state index contributed by atoms with van der Waals surface area (Å²) in [5.74, 6) is -0.186. The van der Waals surface area contributed by atoms with E-state index in [-0.39, 0.29) is 5.91 Å². The first kappa shape index (κ1) is 20.7. The predicted molar refractivity (Wildman–Crippen MR) is 88.1 cm³/mol. The predicted octanol–water partition coefficient (Wildman–Crippen LogP) is 3.01. The summed E-state index contributed by atoms with van der Waals surface area (Å²) in [6.07, 6.45) is 8.84. The molecule has 0 bridgehead atoms. The van der Waals surface area contributed by atoms with Crippen molar-refractivity contribution in [3.05, 3.63) is 0 Å². The van der Waals surface area contributed by atoms with Crippen molar-refractivity contribution < 1.29 is 14.3 Å². The van der Waals surface area contributed by atoms with E-state index in [2.05, 4.69) is 10.9 Å². The summed E-state index contributed by atoms with van der Waals surface area (Å²) in [5.41, 5.74) is 9.47. The molecule has 0 spiro atoms. The third-order valence-electron chi connectivity index (χ3n) is 3.06. The molecule has 4 N–H and O–H groups in total. The average Bonchev–Trinajstić information content (AvgIpc) is 2.41. The van der Waals surface area contributed by atoms with Gasteiger partial charge in [-0.25, -0.2) is 10.2 Å². The SMILES string of the molecule is CC(C)(C)OC(=O)NNC(=O)CCCCCCCCCCN. The van der Waals surface area contributed by atoms with Crippen molar-refractivity contribution in [1.82, 2.24) is 10.9 Å². The van der Waals surface area contributed by atoms with Gasteiger partial charge in [0.25, 0.3) is 0 Å². The number of hydrazine groups is 1. The largest absolute Gasteiger partial charge is 0.443 e. The quantitative estimate of drug-likeness (QED) is 0.427. The molecule has 6 heteroatoms. The second kappa shape index (κ2) is 12.3. The van der Waals surface area contributed by atoms with Crippen LogP contribution in [0, 0.1) is 0 Å². The molecule has 0 saturated heterocycles. The number of ether oxygens (including phenoxy) is 1. The summed E-state index contributed by atoms with van der Waals surface area (Å²) in [5, 5.41) is 0. The monoisotopic (exact) mass is 315 g/mol. The summed E-state index contributed by atoms with van der Waals surface area (Å²) in [6.45, 7) is 6.09. The molecule has 0 aliphatic carbocycles. The zero-order valence-corrected chi connectivity index (χ0v) is 14.4. The van der Waals surface area contributed by atoms with Crippen LogP contribution in [-0.2, 0) is 9.53 Å². The van der Waals surface area contributed by atoms with Gasteiger partial charge < -0.3 is 10.5 Å². The highest BCUT2D eigenvalue weighted by Crippen LogP contribution is 2.09. The highest BCUT2D eigenvalue weighted by molar-refractivity contribution is 5.79. The topological polar surface area (TPSA) is 93.5 Å². The molecule has 0 radical (unpaired) electrons. The molecule has 130 valence electrons. The Labute approximate surface area is 134 Å². The van der Waals surface area contributed by atoms with Crippen LogP contribution < -0.4 is 16.6 Å². The Hall–Kier alpha value is -1.30. The van der Waals surface area contributed by atoms with Gasteiger partial charge >= 0.3 is 6.09 Å². The van der Waals surface area contributed by atoms with E-state index in [1.54, 1.807) is 20.8 Å². The van der Waals surface area contributed by atoms with Gasteiger partial charge in [-0.15, -0.1) is 0 Å². The van der Waals surface area contributed by atoms with Crippen LogP contribution in [0.5, 0.6) is 0 Å². The highest BCUT2D eigenvalue weighted by Gasteiger charge is 2.16. The molecule has 0 aromatic heterocycles. The van der Waals surface area contributed by atoms with E-state index in [9.17, 15) is 9.59 Å². The van der Waals surface area contributed by atoms with E-state index in [1.165, 1.54) is 25.7 Å². The summed E-state index contributed by atoms with van der Waals surface area (Å²) < 4.78 is 5.01. The highest BCUT2D eigenvalue weighted by atomic mass is 16.6. The maximum atomic E-state index is 11.5. The molecule has 0 heterocycles. The van der Waals surface area contributed by atoms with Crippen molar-refractivity contribution >= 4 is 12.0 Å². The van der Waals surface area contributed by atoms with E-state index < -0.39 is 11.7 Å². The van der Waals surface area contributed by atoms with E-state index in [4.69, 9.17) is 10.5 Å². The molecule has 0 aliphatic rings. The van der Waals surface area contributed by atoms with Gasteiger partial charge in [-0.1, -0.05) is 38.5 Å². The van der Waals surface area contributed by atoms with Crippen LogP contribution in [0.1, 0.15) is 78.6 Å². The fraction of sp³-hybridized carbons (Fsp3) is 0.875. The second-order valence-electron chi connectivity index (χ2n) is 6.54. The lowest BCUT2D eigenvalue weighted by Crippen LogP contribution is -2.44. The minimum atomic E-state index is -0.640. The molecule has 0 aromatic carbocycles. The first-order chi connectivity index (χ1) is 10.3. The first-order valence-electron chi connectivity index (χ1n) is 8.33. The molecule has 22 heavy (non-hydrogen) atoms. The lowest BCUT2D eigenvalue weighted by Gasteiger charge is -2.19. The smallest absolute Gasteiger partial charge is 0.426 e. The minimum absolute atomic E-state index is 0.186. The number of rotatable bonds is 10. The molecule has 0 unspecified atom stereocenters. The molecule has 6 nitrogen and oxygen atoms in total. The van der Waals surface area contributed by atoms with Gasteiger partial charge in [0, 0.05) is 6.42 Å². The van der Waals surface area contributed by atoms with Crippen LogP contribution in [0.15, 0.2) is 0 Å². The summed E-state index contributed by atoms with van der Waals surface area (Å²) in [7, 11) is 0. The standard InChI is InChI=1S/C16H33N3O3/c1-16(2,3)22-15(21)19-18-14(20)12-10-8-6-4-5-7-9-11-13-17/h4-13,17H2,1-3H3,(H,18,20)(H,19,21). The molecule has 0 atom stereocenters. The second-order valence-corrected chi connectivity index (χ2v) is 6.54. The van der Waals surface area contributed by atoms with Crippen LogP contribution in [0.2, 0.25) is 0 Å². The van der Waals surface area contributed by atoms with Crippen molar-refractivity contribution in [2.24, 2.45) is 5.73 Å². The third-order valence-corrected chi connectivity index (χ3v) is 3.06. The molecule has 0 saturated carbocycles. The van der Waals surface area contributed by atoms with E-state index in [0.29, 0.717) is 6.42 Å². The van der Waals surface area contributed by atoms with Crippen LogP contribution in [-0.4, -0.2) is 24.1 Å². The Morgan fingerprint density at radius 2 is 1.36 bits per heavy atom. The molecule has 0 fully saturated rings. The Balaban J connectivity index is 3.41. The van der Waals surface area contributed by atoms with Gasteiger partial charge in [0.2, 0.25) is 5.91 Å². The van der Waals surface area contributed by atoms with Gasteiger partial charge in [-0.05, 0) is 40.2 Å². The lowest BCUT2D eigenvalue weighted by molar-refractivity contribution is -0.122. The number of carbonyl (C=O) groups excluding carboxylic acids is 2. The van der Waals surface area contributed by atoms with Gasteiger partial charge in [0.05, 0.1) is 0 Å². The molecule has 0 rings (SSSR count). The summed E-state index contributed by atoms with van der Waals surface area (Å²) in [6, 6.07) is 0. The van der Waals surface area contributed by atoms with Crippen LogP contribution in [0.3, 0.4) is 0 Å². The number of hydrogen-bond donors (Lipinski definition) is 3. The van der Waals surface area contributed by atoms with Crippen molar-refractivity contribution in [3.63, 3.8) is 0 Å². The zero-order chi connectivity index (χ0) is 16.8. The number of hydrogen-bond acceptors (Lipinski definition) is 4. The van der Waals surface area contributed by atoms with Gasteiger partial charge in [0.1, 0.15) is 5.60 Å². The number of nitrogens with two attached hydrogens (primary N) is 1. The van der Waals surface area contributed by atoms with Gasteiger partial charge in [-0.3, -0.25) is 10.2 Å². The molecule has 0 aromatic rings. The van der Waals surface area contributed by atoms with Crippen molar-refractivity contribution in [1.29, 1.82) is 0 Å². The van der Waals surface area contributed by atoms with E-state index in [0.717, 1.165) is 32.2 Å². The summed E-state index contributed by atoms with van der Waals surface area (Å²) >= 11 is 0. The Kier molecular flexibility index (Phi) is 11.5. The molecule has 2 amide bonds. The molecular weight excluding hydrogens is 282 g/mol. The van der Waals surface area contributed by atoms with Gasteiger partial charge in [-0.2, -0.15) is 0 Å². The zero-order valence-electron chi connectivity index (χ0n) is 14.4. The maximum absolute atomic E-state index is 11.5. The fourth-order valence-electron chi connectivity index (χ4n) is 1.98. The van der Waals surface area contributed by atoms with Gasteiger partial charge in [0.15, 0.2) is 0 Å². The molecular formula is C16H33N3O3. The Morgan fingerprint density at radius 1 is 0.864 bits per heavy atom. The van der Waals surface area contributed by atoms with E-state index in [1.807, 2.05) is 0 Å². The first-order valence-corrected chi connectivity index (χ1v) is 8.33. The maximum Gasteiger partial charge on any atom is 0.426 e. The number of amides is 2. The fourth-order valence-corrected chi connectivity index (χ4v) is 1.98. The third kappa shape index (κ3) is 15.1. The van der Waals surface area contributed by atoms with Crippen LogP contribution in [0.25, 0.3) is 0 Å². The van der Waals surface area contributed by atoms with Crippen LogP contribution in [0.4, 0.5) is 4.79 Å². The Bertz CT molecular complexity index is 314. The molecule has 0 aliphatic heterocycles. The number of nitrogens with one attached hydrogen (secondary N) is 2. The van der Waals surface area contributed by atoms with E-state index >= 15 is 0 Å². The van der Waals surface area contributed by atoms with Crippen LogP contribution >= 0.6 is 0 Å². The van der Waals surface area contributed by atoms with Crippen molar-refractivity contribution in [3.8, 4) is 0 Å². The summed E-state index contributed by atoms with van der Waals surface area (Å²) in [4.78, 5) is 22.9. The lowest BCUT2D eigenvalue weighted by atomic mass is 10.1. The van der Waals surface area contributed by atoms with Crippen molar-refractivity contribution in [2.45, 2.75) is 84.2 Å². The normalized spacial score (nSPS) is 11.1. The number of unbranched alkanes of at least 4 members (excludes halogenated alkanes) is 7. The average molecular weight is 315 g/mol. The number of carbonyl (C=O) groups is 2. The Morgan fingerprint density at radius 3 is 1.86 bits per heavy atom.